The van der Waals surface area contributed by atoms with Gasteiger partial charge >= 0.3 is 5.97 Å². The van der Waals surface area contributed by atoms with Crippen molar-refractivity contribution in [1.29, 1.82) is 0 Å². The van der Waals surface area contributed by atoms with Crippen molar-refractivity contribution in [3.63, 3.8) is 0 Å². The van der Waals surface area contributed by atoms with Crippen LogP contribution >= 0.6 is 11.3 Å². The minimum absolute atomic E-state index is 0.151. The van der Waals surface area contributed by atoms with Crippen LogP contribution in [-0.4, -0.2) is 34.1 Å². The third-order valence-electron chi connectivity index (χ3n) is 4.69. The van der Waals surface area contributed by atoms with Crippen molar-refractivity contribution in [2.24, 2.45) is 0 Å². The number of hydrogen-bond acceptors (Lipinski definition) is 5. The molecule has 3 aromatic rings. The van der Waals surface area contributed by atoms with Crippen LogP contribution in [0.3, 0.4) is 0 Å². The number of carboxylic acids is 1. The van der Waals surface area contributed by atoms with Gasteiger partial charge in [0.25, 0.3) is 5.56 Å². The van der Waals surface area contributed by atoms with E-state index in [1.54, 1.807) is 13.0 Å². The van der Waals surface area contributed by atoms with Gasteiger partial charge in [-0.1, -0.05) is 32.1 Å². The van der Waals surface area contributed by atoms with Crippen molar-refractivity contribution in [3.05, 3.63) is 56.4 Å². The lowest BCUT2D eigenvalue weighted by atomic mass is 10.1. The predicted octanol–water partition coefficient (Wildman–Crippen LogP) is 4.79. The molecule has 0 saturated heterocycles. The highest BCUT2D eigenvalue weighted by atomic mass is 32.1. The number of thiophene rings is 1. The minimum atomic E-state index is -1.04. The molecule has 0 amide bonds. The molecular weight excluding hydrogens is 386 g/mol. The molecular formula is C22H25N3O3S. The molecule has 0 spiro atoms. The molecule has 2 N–H and O–H groups in total. The summed E-state index contributed by atoms with van der Waals surface area (Å²) in [4.78, 5) is 33.8. The molecule has 7 heteroatoms. The predicted molar refractivity (Wildman–Crippen MR) is 120 cm³/mol. The van der Waals surface area contributed by atoms with Crippen LogP contribution < -0.4 is 10.5 Å². The number of aromatic nitrogens is 2. The van der Waals surface area contributed by atoms with E-state index in [4.69, 9.17) is 0 Å². The summed E-state index contributed by atoms with van der Waals surface area (Å²) in [5, 5.41) is 9.61. The van der Waals surface area contributed by atoms with Crippen LogP contribution in [0.5, 0.6) is 0 Å². The second-order valence-corrected chi connectivity index (χ2v) is 7.90. The average Bonchev–Trinajstić information content (AvgIpc) is 3.04. The first-order valence-corrected chi connectivity index (χ1v) is 10.6. The summed E-state index contributed by atoms with van der Waals surface area (Å²) in [6, 6.07) is 8.29. The van der Waals surface area contributed by atoms with Gasteiger partial charge in [-0.2, -0.15) is 0 Å². The van der Waals surface area contributed by atoms with Crippen LogP contribution in [-0.2, 0) is 0 Å². The lowest BCUT2D eigenvalue weighted by Crippen LogP contribution is -2.24. The Hall–Kier alpha value is -2.93. The maximum absolute atomic E-state index is 12.4. The monoisotopic (exact) mass is 411 g/mol. The number of nitrogens with zero attached hydrogens (tertiary/aromatic N) is 2. The fourth-order valence-corrected chi connectivity index (χ4v) is 4.35. The Labute approximate surface area is 173 Å². The van der Waals surface area contributed by atoms with Gasteiger partial charge in [-0.15, -0.1) is 11.3 Å². The van der Waals surface area contributed by atoms with E-state index >= 15 is 0 Å². The second-order valence-electron chi connectivity index (χ2n) is 6.90. The van der Waals surface area contributed by atoms with E-state index < -0.39 is 5.97 Å². The van der Waals surface area contributed by atoms with Crippen molar-refractivity contribution < 1.29 is 9.90 Å². The molecule has 0 aliphatic rings. The molecule has 0 unspecified atom stereocenters. The zero-order valence-electron chi connectivity index (χ0n) is 16.9. The highest BCUT2D eigenvalue weighted by molar-refractivity contribution is 7.20. The molecule has 29 heavy (non-hydrogen) atoms. The number of anilines is 1. The molecule has 1 aromatic carbocycles. The Morgan fingerprint density at radius 2 is 1.83 bits per heavy atom. The second kappa shape index (κ2) is 9.05. The third kappa shape index (κ3) is 4.56. The molecule has 0 aliphatic carbocycles. The number of aromatic carboxylic acids is 1. The fourth-order valence-electron chi connectivity index (χ4n) is 3.32. The maximum Gasteiger partial charge on any atom is 0.346 e. The number of aryl methyl sites for hydroxylation is 1. The van der Waals surface area contributed by atoms with Gasteiger partial charge in [0.2, 0.25) is 0 Å². The van der Waals surface area contributed by atoms with Crippen LogP contribution in [0.2, 0.25) is 0 Å². The standard InChI is InChI=1S/C22H25N3O3S/c1-4-12-25(13-5-2)16-9-6-15(7-10-16)8-11-17-23-20(26)18-14(3)19(22(27)28)29-21(18)24-17/h6-11H,4-5,12-13H2,1-3H3,(H,27,28)(H,23,24,26)/b11-8+. The lowest BCUT2D eigenvalue weighted by molar-refractivity contribution is 0.0701. The van der Waals surface area contributed by atoms with Crippen LogP contribution in [0, 0.1) is 6.92 Å². The summed E-state index contributed by atoms with van der Waals surface area (Å²) in [6.45, 7) is 8.06. The van der Waals surface area contributed by atoms with Gasteiger partial charge in [0.15, 0.2) is 0 Å². The number of benzene rings is 1. The normalized spacial score (nSPS) is 11.4. The first-order chi connectivity index (χ1) is 13.9. The molecule has 2 aromatic heterocycles. The molecule has 152 valence electrons. The SMILES string of the molecule is CCCN(CCC)c1ccc(/C=C/c2nc3sc(C(=O)O)c(C)c3c(=O)[nH]2)cc1. The summed E-state index contributed by atoms with van der Waals surface area (Å²) < 4.78 is 0. The molecule has 0 atom stereocenters. The molecule has 6 nitrogen and oxygen atoms in total. The largest absolute Gasteiger partial charge is 0.477 e. The zero-order chi connectivity index (χ0) is 21.0. The molecule has 2 heterocycles. The number of carboxylic acid groups (broad SMARTS) is 1. The average molecular weight is 412 g/mol. The number of hydrogen-bond donors (Lipinski definition) is 2. The van der Waals surface area contributed by atoms with Gasteiger partial charge in [-0.3, -0.25) is 4.79 Å². The topological polar surface area (TPSA) is 86.3 Å². The van der Waals surface area contributed by atoms with Gasteiger partial charge in [0.05, 0.1) is 5.39 Å². The third-order valence-corrected chi connectivity index (χ3v) is 5.87. The first kappa shape index (κ1) is 20.8. The Morgan fingerprint density at radius 3 is 2.41 bits per heavy atom. The van der Waals surface area contributed by atoms with E-state index in [1.807, 2.05) is 18.2 Å². The molecule has 0 aliphatic heterocycles. The highest BCUT2D eigenvalue weighted by Gasteiger charge is 2.18. The smallest absolute Gasteiger partial charge is 0.346 e. The van der Waals surface area contributed by atoms with Gasteiger partial charge in [0.1, 0.15) is 15.5 Å². The Morgan fingerprint density at radius 1 is 1.17 bits per heavy atom. The Bertz CT molecular complexity index is 1090. The fraction of sp³-hybridized carbons (Fsp3) is 0.318. The highest BCUT2D eigenvalue weighted by Crippen LogP contribution is 2.27. The van der Waals surface area contributed by atoms with Crippen molar-refractivity contribution in [1.82, 2.24) is 9.97 Å². The summed E-state index contributed by atoms with van der Waals surface area (Å²) in [5.74, 6) is -0.634. The van der Waals surface area contributed by atoms with Crippen LogP contribution in [0.25, 0.3) is 22.4 Å². The molecule has 3 rings (SSSR count). The van der Waals surface area contributed by atoms with Crippen LogP contribution in [0.15, 0.2) is 29.1 Å². The summed E-state index contributed by atoms with van der Waals surface area (Å²) in [7, 11) is 0. The van der Waals surface area contributed by atoms with Crippen molar-refractivity contribution in [2.75, 3.05) is 18.0 Å². The number of aromatic amines is 1. The lowest BCUT2D eigenvalue weighted by Gasteiger charge is -2.23. The van der Waals surface area contributed by atoms with E-state index in [9.17, 15) is 14.7 Å². The first-order valence-electron chi connectivity index (χ1n) is 9.74. The van der Waals surface area contributed by atoms with Gasteiger partial charge in [0, 0.05) is 18.8 Å². The van der Waals surface area contributed by atoms with Gasteiger partial charge in [-0.05, 0) is 49.1 Å². The molecule has 0 bridgehead atoms. The van der Waals surface area contributed by atoms with Gasteiger partial charge in [-0.25, -0.2) is 9.78 Å². The molecule has 0 fully saturated rings. The molecule has 0 saturated carbocycles. The number of nitrogens with one attached hydrogen (secondary N) is 1. The van der Waals surface area contributed by atoms with Crippen molar-refractivity contribution >= 4 is 45.4 Å². The summed E-state index contributed by atoms with van der Waals surface area (Å²) in [6.07, 6.45) is 5.83. The number of fused-ring (bicyclic) bond motifs is 1. The quantitative estimate of drug-likeness (QED) is 0.557. The summed E-state index contributed by atoms with van der Waals surface area (Å²) in [5.41, 5.74) is 2.34. The van der Waals surface area contributed by atoms with Crippen LogP contribution in [0.1, 0.15) is 53.3 Å². The van der Waals surface area contributed by atoms with E-state index in [0.29, 0.717) is 21.6 Å². The Balaban J connectivity index is 1.85. The Kier molecular flexibility index (Phi) is 6.49. The molecule has 0 radical (unpaired) electrons. The zero-order valence-corrected chi connectivity index (χ0v) is 17.7. The van der Waals surface area contributed by atoms with Gasteiger partial charge < -0.3 is 15.0 Å². The van der Waals surface area contributed by atoms with E-state index in [-0.39, 0.29) is 10.4 Å². The summed E-state index contributed by atoms with van der Waals surface area (Å²) >= 11 is 1.03. The van der Waals surface area contributed by atoms with Crippen LogP contribution in [0.4, 0.5) is 5.69 Å². The minimum Gasteiger partial charge on any atom is -0.477 e. The van der Waals surface area contributed by atoms with E-state index in [2.05, 4.69) is 40.8 Å². The number of rotatable bonds is 8. The number of carbonyl (C=O) groups is 1. The number of H-pyrrole nitrogens is 1. The maximum atomic E-state index is 12.4. The van der Waals surface area contributed by atoms with Crippen molar-refractivity contribution in [3.8, 4) is 0 Å². The van der Waals surface area contributed by atoms with E-state index in [1.165, 1.54) is 5.69 Å². The van der Waals surface area contributed by atoms with E-state index in [0.717, 1.165) is 42.8 Å². The van der Waals surface area contributed by atoms with Crippen molar-refractivity contribution in [2.45, 2.75) is 33.6 Å².